The topological polar surface area (TPSA) is 99.1 Å². The summed E-state index contributed by atoms with van der Waals surface area (Å²) in [6.07, 6.45) is 7.14. The maximum atomic E-state index is 14.2. The Morgan fingerprint density at radius 3 is 2.50 bits per heavy atom. The first-order chi connectivity index (χ1) is 20.9. The summed E-state index contributed by atoms with van der Waals surface area (Å²) in [4.78, 5) is 29.2. The van der Waals surface area contributed by atoms with Gasteiger partial charge in [-0.25, -0.2) is 4.79 Å². The van der Waals surface area contributed by atoms with Crippen LogP contribution in [0.5, 0.6) is 5.75 Å². The number of carbonyl (C=O) groups is 2. The standard InChI is InChI=1S/C37H52N2O5/c1-7-21-39(35(42)38-25(2)3)24-37(43)20-18-33-31-17-11-27(22-29(40)14-10-26(4)9-8-19-36(33,37)5)23-32(31)34(41)28-12-15-30(44-6)16-13-28/h9,11-13,15-17,23,25,29,33,40,43H,7-8,10,14,18-22,24H2,1-6H3,(H,38,42). The molecule has 1 fully saturated rings. The predicted molar refractivity (Wildman–Crippen MR) is 175 cm³/mol. The van der Waals surface area contributed by atoms with Crippen molar-refractivity contribution in [3.8, 4) is 5.75 Å². The lowest BCUT2D eigenvalue weighted by molar-refractivity contribution is -0.0770. The molecule has 1 saturated carbocycles. The van der Waals surface area contributed by atoms with Gasteiger partial charge in [0.05, 0.1) is 25.4 Å². The number of amides is 2. The number of hydrogen-bond acceptors (Lipinski definition) is 5. The molecule has 2 bridgehead atoms. The zero-order valence-electron chi connectivity index (χ0n) is 27.5. The molecule has 0 aliphatic heterocycles. The second-order valence-electron chi connectivity index (χ2n) is 13.5. The Morgan fingerprint density at radius 2 is 1.84 bits per heavy atom. The maximum absolute atomic E-state index is 14.2. The fourth-order valence-corrected chi connectivity index (χ4v) is 7.27. The summed E-state index contributed by atoms with van der Waals surface area (Å²) in [5.41, 5.74) is 2.52. The van der Waals surface area contributed by atoms with Crippen molar-refractivity contribution >= 4 is 11.8 Å². The summed E-state index contributed by atoms with van der Waals surface area (Å²) < 4.78 is 5.32. The van der Waals surface area contributed by atoms with E-state index in [1.165, 1.54) is 5.57 Å². The average molecular weight is 605 g/mol. The van der Waals surface area contributed by atoms with Crippen molar-refractivity contribution in [2.75, 3.05) is 20.2 Å². The number of aliphatic hydroxyl groups is 2. The van der Waals surface area contributed by atoms with Crippen LogP contribution in [0.4, 0.5) is 4.79 Å². The van der Waals surface area contributed by atoms with E-state index < -0.39 is 17.1 Å². The van der Waals surface area contributed by atoms with E-state index >= 15 is 0 Å². The molecule has 2 aromatic carbocycles. The molecule has 3 N–H and O–H groups in total. The highest BCUT2D eigenvalue weighted by Crippen LogP contribution is 2.58. The third kappa shape index (κ3) is 7.37. The van der Waals surface area contributed by atoms with Crippen LogP contribution in [-0.4, -0.2) is 64.9 Å². The van der Waals surface area contributed by atoms with Gasteiger partial charge >= 0.3 is 6.03 Å². The molecule has 4 unspecified atom stereocenters. The van der Waals surface area contributed by atoms with E-state index in [4.69, 9.17) is 4.74 Å². The summed E-state index contributed by atoms with van der Waals surface area (Å²) in [5.74, 6) is 0.503. The monoisotopic (exact) mass is 604 g/mol. The molecule has 0 saturated heterocycles. The lowest BCUT2D eigenvalue weighted by Crippen LogP contribution is -2.56. The summed E-state index contributed by atoms with van der Waals surface area (Å²) in [6, 6.07) is 13.1. The SMILES string of the molecule is CCCN(CC1(O)CCC2c3ccc(cc3C(=O)c3ccc(OC)cc3)CC(O)CCC(C)=CCCC21C)C(=O)NC(C)C. The number of ether oxygens (including phenoxy) is 1. The summed E-state index contributed by atoms with van der Waals surface area (Å²) in [5, 5.41) is 26.5. The van der Waals surface area contributed by atoms with Crippen LogP contribution in [-0.2, 0) is 6.42 Å². The van der Waals surface area contributed by atoms with Crippen LogP contribution in [0, 0.1) is 5.41 Å². The number of nitrogens with zero attached hydrogens (tertiary/aromatic N) is 1. The Bertz CT molecular complexity index is 1340. The Kier molecular flexibility index (Phi) is 11.0. The molecule has 7 heteroatoms. The van der Waals surface area contributed by atoms with Crippen molar-refractivity contribution in [2.45, 2.75) is 110 Å². The molecule has 5 rings (SSSR count). The van der Waals surface area contributed by atoms with E-state index in [0.29, 0.717) is 55.5 Å². The molecule has 2 amide bonds. The number of ketones is 1. The molecule has 4 atom stereocenters. The molecule has 0 spiro atoms. The number of rotatable bonds is 8. The fraction of sp³-hybridized carbons (Fsp3) is 0.568. The van der Waals surface area contributed by atoms with Crippen molar-refractivity contribution in [1.82, 2.24) is 10.2 Å². The number of urea groups is 1. The normalized spacial score (nSPS) is 25.6. The Balaban J connectivity index is 1.82. The number of hydrogen-bond donors (Lipinski definition) is 3. The molecule has 44 heavy (non-hydrogen) atoms. The molecule has 240 valence electrons. The lowest BCUT2D eigenvalue weighted by atomic mass is 9.64. The minimum Gasteiger partial charge on any atom is -0.497 e. The second kappa shape index (κ2) is 14.3. The lowest BCUT2D eigenvalue weighted by Gasteiger charge is -2.46. The molecule has 7 nitrogen and oxygen atoms in total. The van der Waals surface area contributed by atoms with Crippen molar-refractivity contribution < 1.29 is 24.5 Å². The number of methoxy groups -OCH3 is 1. The van der Waals surface area contributed by atoms with Crippen molar-refractivity contribution in [3.63, 3.8) is 0 Å². The van der Waals surface area contributed by atoms with Crippen molar-refractivity contribution in [1.29, 1.82) is 0 Å². The van der Waals surface area contributed by atoms with Crippen LogP contribution in [0.2, 0.25) is 0 Å². The number of benzene rings is 2. The van der Waals surface area contributed by atoms with Gasteiger partial charge in [0, 0.05) is 29.1 Å². The number of aliphatic hydroxyl groups excluding tert-OH is 1. The number of nitrogens with one attached hydrogen (secondary N) is 1. The van der Waals surface area contributed by atoms with Gasteiger partial charge in [0.25, 0.3) is 0 Å². The van der Waals surface area contributed by atoms with E-state index in [1.807, 2.05) is 32.9 Å². The second-order valence-corrected chi connectivity index (χ2v) is 13.5. The van der Waals surface area contributed by atoms with Crippen LogP contribution in [0.15, 0.2) is 54.1 Å². The van der Waals surface area contributed by atoms with E-state index in [-0.39, 0.29) is 30.3 Å². The van der Waals surface area contributed by atoms with E-state index in [0.717, 1.165) is 30.4 Å². The van der Waals surface area contributed by atoms with Gasteiger partial charge in [-0.15, -0.1) is 0 Å². The van der Waals surface area contributed by atoms with E-state index in [2.05, 4.69) is 31.3 Å². The van der Waals surface area contributed by atoms with Gasteiger partial charge < -0.3 is 25.2 Å². The third-order valence-electron chi connectivity index (χ3n) is 9.91. The molecule has 0 aromatic heterocycles. The van der Waals surface area contributed by atoms with Crippen LogP contribution in [0.1, 0.15) is 113 Å². The van der Waals surface area contributed by atoms with Gasteiger partial charge in [-0.3, -0.25) is 4.79 Å². The third-order valence-corrected chi connectivity index (χ3v) is 9.91. The van der Waals surface area contributed by atoms with Gasteiger partial charge in [-0.05, 0) is 120 Å². The highest BCUT2D eigenvalue weighted by atomic mass is 16.5. The minimum atomic E-state index is -1.14. The van der Waals surface area contributed by atoms with Crippen molar-refractivity contribution in [2.24, 2.45) is 5.41 Å². The van der Waals surface area contributed by atoms with Crippen LogP contribution in [0.25, 0.3) is 0 Å². The van der Waals surface area contributed by atoms with Crippen LogP contribution >= 0.6 is 0 Å². The fourth-order valence-electron chi connectivity index (χ4n) is 7.27. The molecular formula is C37H52N2O5. The largest absolute Gasteiger partial charge is 0.497 e. The quantitative estimate of drug-likeness (QED) is 0.228. The van der Waals surface area contributed by atoms with Gasteiger partial charge in [-0.2, -0.15) is 0 Å². The smallest absolute Gasteiger partial charge is 0.317 e. The zero-order chi connectivity index (χ0) is 32.1. The van der Waals surface area contributed by atoms with Gasteiger partial charge in [0.15, 0.2) is 5.78 Å². The first-order valence-corrected chi connectivity index (χ1v) is 16.3. The Hall–Kier alpha value is -3.16. The summed E-state index contributed by atoms with van der Waals surface area (Å²) >= 11 is 0. The Morgan fingerprint density at radius 1 is 1.11 bits per heavy atom. The predicted octanol–water partition coefficient (Wildman–Crippen LogP) is 6.79. The maximum Gasteiger partial charge on any atom is 0.317 e. The highest BCUT2D eigenvalue weighted by Gasteiger charge is 2.57. The van der Waals surface area contributed by atoms with Gasteiger partial charge in [0.1, 0.15) is 5.75 Å². The minimum absolute atomic E-state index is 0.00515. The van der Waals surface area contributed by atoms with Crippen molar-refractivity contribution in [3.05, 3.63) is 76.4 Å². The van der Waals surface area contributed by atoms with E-state index in [9.17, 15) is 19.8 Å². The zero-order valence-corrected chi connectivity index (χ0v) is 27.5. The summed E-state index contributed by atoms with van der Waals surface area (Å²) in [6.45, 7) is 11.0. The molecular weight excluding hydrogens is 552 g/mol. The number of allylic oxidation sites excluding steroid dienone is 2. The molecule has 3 aliphatic carbocycles. The Labute approximate surface area is 263 Å². The van der Waals surface area contributed by atoms with Crippen LogP contribution in [0.3, 0.4) is 0 Å². The number of carbonyl (C=O) groups excluding carboxylic acids is 2. The average Bonchev–Trinajstić information content (AvgIpc) is 3.24. The number of fused-ring (bicyclic) bond motifs is 8. The molecule has 0 heterocycles. The molecule has 0 radical (unpaired) electrons. The first-order valence-electron chi connectivity index (χ1n) is 16.3. The van der Waals surface area contributed by atoms with Gasteiger partial charge in [-0.1, -0.05) is 37.6 Å². The highest BCUT2D eigenvalue weighted by molar-refractivity contribution is 6.10. The summed E-state index contributed by atoms with van der Waals surface area (Å²) in [7, 11) is 1.60. The first kappa shape index (κ1) is 33.7. The molecule has 2 aromatic rings. The van der Waals surface area contributed by atoms with E-state index in [1.54, 1.807) is 36.3 Å². The van der Waals surface area contributed by atoms with Crippen LogP contribution < -0.4 is 10.1 Å². The molecule has 3 aliphatic rings. The van der Waals surface area contributed by atoms with Gasteiger partial charge in [0.2, 0.25) is 0 Å².